The van der Waals surface area contributed by atoms with Gasteiger partial charge in [0.05, 0.1) is 5.56 Å². The van der Waals surface area contributed by atoms with Gasteiger partial charge in [-0.3, -0.25) is 4.90 Å². The molecular formula is C20H21BrN4. The van der Waals surface area contributed by atoms with Crippen LogP contribution in [0.3, 0.4) is 0 Å². The Morgan fingerprint density at radius 2 is 2.00 bits per heavy atom. The topological polar surface area (TPSA) is 43.2 Å². The average Bonchev–Trinajstić information content (AvgIpc) is 3.05. The van der Waals surface area contributed by atoms with E-state index in [1.54, 1.807) is 6.20 Å². The van der Waals surface area contributed by atoms with Gasteiger partial charge in [0.15, 0.2) is 0 Å². The molecule has 25 heavy (non-hydrogen) atoms. The number of hydrogen-bond donors (Lipinski definition) is 0. The number of nitriles is 1. The van der Waals surface area contributed by atoms with Gasteiger partial charge in [-0.2, -0.15) is 5.26 Å². The van der Waals surface area contributed by atoms with E-state index < -0.39 is 0 Å². The number of hydrogen-bond acceptors (Lipinski definition) is 4. The lowest BCUT2D eigenvalue weighted by molar-refractivity contribution is 0.200. The molecule has 0 bridgehead atoms. The SMILES string of the molecule is N#Cc1cccnc1N1CCC2CCN(Cc3ccccc3Br)C2C1. The summed E-state index contributed by atoms with van der Waals surface area (Å²) in [5.74, 6) is 1.60. The van der Waals surface area contributed by atoms with E-state index in [2.05, 4.69) is 61.0 Å². The maximum absolute atomic E-state index is 9.38. The Labute approximate surface area is 157 Å². The third-order valence-corrected chi connectivity index (χ3v) is 6.29. The van der Waals surface area contributed by atoms with Gasteiger partial charge in [-0.05, 0) is 49.1 Å². The van der Waals surface area contributed by atoms with E-state index in [9.17, 15) is 5.26 Å². The summed E-state index contributed by atoms with van der Waals surface area (Å²) in [5.41, 5.74) is 2.02. The molecule has 2 aliphatic heterocycles. The number of likely N-dealkylation sites (tertiary alicyclic amines) is 1. The number of pyridine rings is 1. The molecular weight excluding hydrogens is 376 g/mol. The molecule has 0 saturated carbocycles. The van der Waals surface area contributed by atoms with Gasteiger partial charge in [0.25, 0.3) is 0 Å². The van der Waals surface area contributed by atoms with Crippen molar-refractivity contribution in [2.75, 3.05) is 24.5 Å². The Hall–Kier alpha value is -1.90. The summed E-state index contributed by atoms with van der Waals surface area (Å²) in [6.45, 7) is 4.08. The largest absolute Gasteiger partial charge is 0.354 e. The molecule has 2 aromatic rings. The molecule has 2 atom stereocenters. The Bertz CT molecular complexity index is 800. The molecule has 2 aliphatic rings. The van der Waals surface area contributed by atoms with Gasteiger partial charge in [0, 0.05) is 36.3 Å². The van der Waals surface area contributed by atoms with Crippen molar-refractivity contribution in [3.8, 4) is 6.07 Å². The summed E-state index contributed by atoms with van der Waals surface area (Å²) in [5, 5.41) is 9.38. The number of piperidine rings is 1. The van der Waals surface area contributed by atoms with Gasteiger partial charge in [0.2, 0.25) is 0 Å². The molecule has 2 unspecified atom stereocenters. The van der Waals surface area contributed by atoms with Crippen molar-refractivity contribution >= 4 is 21.7 Å². The zero-order valence-corrected chi connectivity index (χ0v) is 15.7. The standard InChI is InChI=1S/C20H21BrN4/c21-18-6-2-1-4-17(18)13-24-10-7-15-8-11-25(14-19(15)24)20-16(12-22)5-3-9-23-20/h1-6,9,15,19H,7-8,10-11,13-14H2. The van der Waals surface area contributed by atoms with Crippen LogP contribution in [-0.4, -0.2) is 35.6 Å². The van der Waals surface area contributed by atoms with Gasteiger partial charge in [-0.15, -0.1) is 0 Å². The van der Waals surface area contributed by atoms with Crippen LogP contribution in [0.1, 0.15) is 24.0 Å². The third kappa shape index (κ3) is 3.29. The maximum atomic E-state index is 9.38. The lowest BCUT2D eigenvalue weighted by atomic mass is 9.92. The Kier molecular flexibility index (Phi) is 4.74. The number of benzene rings is 1. The van der Waals surface area contributed by atoms with E-state index in [0.717, 1.165) is 37.9 Å². The number of nitrogens with zero attached hydrogens (tertiary/aromatic N) is 4. The molecule has 0 spiro atoms. The van der Waals surface area contributed by atoms with Crippen LogP contribution in [0.2, 0.25) is 0 Å². The zero-order chi connectivity index (χ0) is 17.2. The first kappa shape index (κ1) is 16.6. The second-order valence-electron chi connectivity index (χ2n) is 6.90. The highest BCUT2D eigenvalue weighted by Gasteiger charge is 2.39. The summed E-state index contributed by atoms with van der Waals surface area (Å²) in [6, 6.07) is 15.0. The quantitative estimate of drug-likeness (QED) is 0.790. The second-order valence-corrected chi connectivity index (χ2v) is 7.75. The summed E-state index contributed by atoms with van der Waals surface area (Å²) in [4.78, 5) is 9.39. The predicted molar refractivity (Wildman–Crippen MR) is 102 cm³/mol. The highest BCUT2D eigenvalue weighted by molar-refractivity contribution is 9.10. The minimum absolute atomic E-state index is 0.536. The molecule has 128 valence electrons. The minimum atomic E-state index is 0.536. The molecule has 0 radical (unpaired) electrons. The van der Waals surface area contributed by atoms with Crippen LogP contribution < -0.4 is 4.90 Å². The van der Waals surface area contributed by atoms with Crippen LogP contribution in [-0.2, 0) is 6.54 Å². The molecule has 2 fully saturated rings. The van der Waals surface area contributed by atoms with Gasteiger partial charge in [-0.25, -0.2) is 4.98 Å². The van der Waals surface area contributed by atoms with Crippen molar-refractivity contribution in [1.29, 1.82) is 5.26 Å². The molecule has 2 saturated heterocycles. The monoisotopic (exact) mass is 396 g/mol. The van der Waals surface area contributed by atoms with Crippen molar-refractivity contribution in [3.63, 3.8) is 0 Å². The van der Waals surface area contributed by atoms with Crippen LogP contribution in [0, 0.1) is 17.2 Å². The zero-order valence-electron chi connectivity index (χ0n) is 14.1. The van der Waals surface area contributed by atoms with Gasteiger partial charge < -0.3 is 4.90 Å². The highest BCUT2D eigenvalue weighted by Crippen LogP contribution is 2.35. The fraction of sp³-hybridized carbons (Fsp3) is 0.400. The molecule has 5 heteroatoms. The van der Waals surface area contributed by atoms with Crippen LogP contribution in [0.4, 0.5) is 5.82 Å². The Morgan fingerprint density at radius 1 is 1.16 bits per heavy atom. The first-order valence-corrected chi connectivity index (χ1v) is 9.63. The van der Waals surface area contributed by atoms with Crippen LogP contribution in [0.25, 0.3) is 0 Å². The van der Waals surface area contributed by atoms with E-state index in [1.807, 2.05) is 12.1 Å². The molecule has 3 heterocycles. The first-order chi connectivity index (χ1) is 12.3. The first-order valence-electron chi connectivity index (χ1n) is 8.84. The summed E-state index contributed by atoms with van der Waals surface area (Å²) < 4.78 is 1.18. The van der Waals surface area contributed by atoms with Gasteiger partial charge in [-0.1, -0.05) is 34.1 Å². The lowest BCUT2D eigenvalue weighted by Gasteiger charge is -2.39. The van der Waals surface area contributed by atoms with Gasteiger partial charge >= 0.3 is 0 Å². The number of rotatable bonds is 3. The van der Waals surface area contributed by atoms with Crippen LogP contribution in [0.15, 0.2) is 47.1 Å². The molecule has 0 N–H and O–H groups in total. The van der Waals surface area contributed by atoms with Crippen molar-refractivity contribution in [1.82, 2.24) is 9.88 Å². The third-order valence-electron chi connectivity index (χ3n) is 5.52. The van der Waals surface area contributed by atoms with Gasteiger partial charge in [0.1, 0.15) is 11.9 Å². The number of fused-ring (bicyclic) bond motifs is 1. The van der Waals surface area contributed by atoms with Crippen molar-refractivity contribution < 1.29 is 0 Å². The number of aromatic nitrogens is 1. The van der Waals surface area contributed by atoms with Crippen molar-refractivity contribution in [2.24, 2.45) is 5.92 Å². The maximum Gasteiger partial charge on any atom is 0.146 e. The van der Waals surface area contributed by atoms with E-state index >= 15 is 0 Å². The molecule has 0 aliphatic carbocycles. The van der Waals surface area contributed by atoms with E-state index in [0.29, 0.717) is 11.6 Å². The molecule has 0 amide bonds. The summed E-state index contributed by atoms with van der Waals surface area (Å²) in [6.07, 6.45) is 4.24. The normalized spacial score (nSPS) is 23.3. The van der Waals surface area contributed by atoms with E-state index in [1.165, 1.54) is 22.9 Å². The van der Waals surface area contributed by atoms with Crippen molar-refractivity contribution in [3.05, 3.63) is 58.2 Å². The van der Waals surface area contributed by atoms with Crippen LogP contribution in [0.5, 0.6) is 0 Å². The average molecular weight is 397 g/mol. The Morgan fingerprint density at radius 3 is 2.84 bits per heavy atom. The fourth-order valence-corrected chi connectivity index (χ4v) is 4.61. The molecule has 4 nitrogen and oxygen atoms in total. The number of halogens is 1. The smallest absolute Gasteiger partial charge is 0.146 e. The molecule has 1 aromatic carbocycles. The highest BCUT2D eigenvalue weighted by atomic mass is 79.9. The van der Waals surface area contributed by atoms with Crippen LogP contribution >= 0.6 is 15.9 Å². The lowest BCUT2D eigenvalue weighted by Crippen LogP contribution is -2.48. The summed E-state index contributed by atoms with van der Waals surface area (Å²) >= 11 is 3.68. The van der Waals surface area contributed by atoms with E-state index in [4.69, 9.17) is 0 Å². The van der Waals surface area contributed by atoms with Crippen molar-refractivity contribution in [2.45, 2.75) is 25.4 Å². The fourth-order valence-electron chi connectivity index (χ4n) is 4.20. The summed E-state index contributed by atoms with van der Waals surface area (Å²) in [7, 11) is 0. The molecule has 4 rings (SSSR count). The predicted octanol–water partition coefficient (Wildman–Crippen LogP) is 3.82. The minimum Gasteiger partial charge on any atom is -0.354 e. The Balaban J connectivity index is 1.53. The number of anilines is 1. The molecule has 1 aromatic heterocycles. The van der Waals surface area contributed by atoms with E-state index in [-0.39, 0.29) is 0 Å². The second kappa shape index (κ2) is 7.15.